The molecule has 3 rings (SSSR count). The number of hydrogen-bond donors (Lipinski definition) is 0. The van der Waals surface area contributed by atoms with E-state index in [1.54, 1.807) is 17.4 Å². The van der Waals surface area contributed by atoms with Gasteiger partial charge in [0.05, 0.1) is 10.4 Å². The highest BCUT2D eigenvalue weighted by molar-refractivity contribution is 7.98. The maximum absolute atomic E-state index is 12.7. The quantitative estimate of drug-likeness (QED) is 0.627. The van der Waals surface area contributed by atoms with Crippen LogP contribution in [-0.2, 0) is 19.0 Å². The molecule has 120 valence electrons. The van der Waals surface area contributed by atoms with E-state index in [1.165, 1.54) is 23.9 Å². The Morgan fingerprint density at radius 1 is 1.17 bits per heavy atom. The Morgan fingerprint density at radius 2 is 2.00 bits per heavy atom. The summed E-state index contributed by atoms with van der Waals surface area (Å²) in [6.07, 6.45) is -4.32. The average Bonchev–Trinajstić information content (AvgIpc) is 3.14. The van der Waals surface area contributed by atoms with E-state index in [2.05, 4.69) is 10.2 Å². The Labute approximate surface area is 139 Å². The van der Waals surface area contributed by atoms with E-state index in [-0.39, 0.29) is 0 Å². The normalized spacial score (nSPS) is 11.8. The van der Waals surface area contributed by atoms with Gasteiger partial charge in [-0.05, 0) is 23.1 Å². The highest BCUT2D eigenvalue weighted by Gasteiger charge is 2.30. The molecule has 3 nitrogen and oxygen atoms in total. The summed E-state index contributed by atoms with van der Waals surface area (Å²) in [4.78, 5) is 1.01. The molecule has 2 heterocycles. The third-order valence-electron chi connectivity index (χ3n) is 3.20. The van der Waals surface area contributed by atoms with Crippen molar-refractivity contribution in [2.45, 2.75) is 17.1 Å². The highest BCUT2D eigenvalue weighted by Crippen LogP contribution is 2.31. The Kier molecular flexibility index (Phi) is 4.45. The molecular weight excluding hydrogens is 343 g/mol. The van der Waals surface area contributed by atoms with Crippen LogP contribution in [0.2, 0.25) is 0 Å². The first-order chi connectivity index (χ1) is 10.9. The van der Waals surface area contributed by atoms with Gasteiger partial charge in [-0.25, -0.2) is 0 Å². The van der Waals surface area contributed by atoms with Crippen LogP contribution in [0.5, 0.6) is 0 Å². The Bertz CT molecular complexity index is 795. The predicted molar refractivity (Wildman–Crippen MR) is 85.3 cm³/mol. The van der Waals surface area contributed by atoms with Crippen LogP contribution in [0.4, 0.5) is 13.2 Å². The van der Waals surface area contributed by atoms with Crippen molar-refractivity contribution < 1.29 is 13.2 Å². The zero-order chi connectivity index (χ0) is 16.4. The molecule has 23 heavy (non-hydrogen) atoms. The van der Waals surface area contributed by atoms with Gasteiger partial charge in [0.2, 0.25) is 0 Å². The third kappa shape index (κ3) is 3.59. The van der Waals surface area contributed by atoms with Crippen molar-refractivity contribution in [2.75, 3.05) is 0 Å². The number of thioether (sulfide) groups is 1. The number of thiophene rings is 1. The number of nitrogens with zero attached hydrogens (tertiary/aromatic N) is 3. The molecule has 0 aliphatic carbocycles. The number of aromatic nitrogens is 3. The van der Waals surface area contributed by atoms with Crippen molar-refractivity contribution in [3.63, 3.8) is 0 Å². The van der Waals surface area contributed by atoms with E-state index in [0.29, 0.717) is 16.5 Å². The third-order valence-corrected chi connectivity index (χ3v) is 5.16. The fourth-order valence-electron chi connectivity index (χ4n) is 2.05. The summed E-state index contributed by atoms with van der Waals surface area (Å²) in [5.41, 5.74) is -0.0293. The van der Waals surface area contributed by atoms with E-state index in [4.69, 9.17) is 0 Å². The molecule has 0 saturated carbocycles. The maximum Gasteiger partial charge on any atom is 0.416 e. The number of benzene rings is 1. The van der Waals surface area contributed by atoms with Gasteiger partial charge >= 0.3 is 6.18 Å². The lowest BCUT2D eigenvalue weighted by atomic mass is 10.1. The first kappa shape index (κ1) is 16.1. The van der Waals surface area contributed by atoms with Gasteiger partial charge < -0.3 is 4.57 Å². The molecule has 0 aliphatic rings. The summed E-state index contributed by atoms with van der Waals surface area (Å²) in [5, 5.41) is 10.9. The topological polar surface area (TPSA) is 30.7 Å². The molecule has 0 radical (unpaired) electrons. The molecule has 8 heteroatoms. The van der Waals surface area contributed by atoms with Crippen molar-refractivity contribution in [3.05, 3.63) is 52.9 Å². The van der Waals surface area contributed by atoms with Crippen molar-refractivity contribution >= 4 is 23.1 Å². The Hall–Kier alpha value is -1.80. The molecule has 0 fully saturated rings. The van der Waals surface area contributed by atoms with Gasteiger partial charge in [-0.3, -0.25) is 0 Å². The molecule has 0 N–H and O–H groups in total. The summed E-state index contributed by atoms with van der Waals surface area (Å²) >= 11 is 2.93. The highest BCUT2D eigenvalue weighted by atomic mass is 32.2. The van der Waals surface area contributed by atoms with Crippen LogP contribution in [0.1, 0.15) is 11.1 Å². The lowest BCUT2D eigenvalue weighted by Crippen LogP contribution is -2.05. The van der Waals surface area contributed by atoms with E-state index in [9.17, 15) is 13.2 Å². The molecule has 0 unspecified atom stereocenters. The molecule has 0 bridgehead atoms. The SMILES string of the molecule is Cn1c(SCc2cccc(C(F)(F)F)c2)nnc1-c1cccs1. The van der Waals surface area contributed by atoms with Crippen LogP contribution >= 0.6 is 23.1 Å². The smallest absolute Gasteiger partial charge is 0.304 e. The lowest BCUT2D eigenvalue weighted by Gasteiger charge is -2.08. The molecule has 0 spiro atoms. The van der Waals surface area contributed by atoms with Crippen LogP contribution in [0.3, 0.4) is 0 Å². The average molecular weight is 355 g/mol. The number of hydrogen-bond acceptors (Lipinski definition) is 4. The minimum absolute atomic E-state index is 0.403. The van der Waals surface area contributed by atoms with E-state index in [0.717, 1.165) is 16.8 Å². The number of alkyl halides is 3. The number of halogens is 3. The first-order valence-corrected chi connectivity index (χ1v) is 8.54. The van der Waals surface area contributed by atoms with Gasteiger partial charge in [-0.1, -0.05) is 36.0 Å². The summed E-state index contributed by atoms with van der Waals surface area (Å²) in [7, 11) is 1.85. The molecule has 1 aromatic carbocycles. The standard InChI is InChI=1S/C15H12F3N3S2/c1-21-13(12-6-3-7-22-12)19-20-14(21)23-9-10-4-2-5-11(8-10)15(16,17)18/h2-8H,9H2,1H3. The van der Waals surface area contributed by atoms with E-state index in [1.807, 2.05) is 29.1 Å². The van der Waals surface area contributed by atoms with Crippen LogP contribution in [0.15, 0.2) is 46.9 Å². The van der Waals surface area contributed by atoms with Gasteiger partial charge in [0, 0.05) is 12.8 Å². The van der Waals surface area contributed by atoms with Gasteiger partial charge in [-0.2, -0.15) is 13.2 Å². The lowest BCUT2D eigenvalue weighted by molar-refractivity contribution is -0.137. The summed E-state index contributed by atoms with van der Waals surface area (Å²) in [6, 6.07) is 9.24. The number of rotatable bonds is 4. The Balaban J connectivity index is 1.75. The molecule has 3 aromatic rings. The van der Waals surface area contributed by atoms with Gasteiger partial charge in [0.25, 0.3) is 0 Å². The van der Waals surface area contributed by atoms with Gasteiger partial charge in [0.1, 0.15) is 0 Å². The fourth-order valence-corrected chi connectivity index (χ4v) is 3.64. The van der Waals surface area contributed by atoms with Crippen LogP contribution < -0.4 is 0 Å². The zero-order valence-electron chi connectivity index (χ0n) is 12.0. The summed E-state index contributed by atoms with van der Waals surface area (Å²) in [5.74, 6) is 1.16. The van der Waals surface area contributed by atoms with E-state index < -0.39 is 11.7 Å². The molecule has 0 atom stereocenters. The zero-order valence-corrected chi connectivity index (χ0v) is 13.7. The largest absolute Gasteiger partial charge is 0.416 e. The van der Waals surface area contributed by atoms with Crippen molar-refractivity contribution in [1.29, 1.82) is 0 Å². The first-order valence-electron chi connectivity index (χ1n) is 6.67. The molecule has 0 saturated heterocycles. The minimum Gasteiger partial charge on any atom is -0.304 e. The van der Waals surface area contributed by atoms with Crippen molar-refractivity contribution in [1.82, 2.24) is 14.8 Å². The summed E-state index contributed by atoms with van der Waals surface area (Å²) < 4.78 is 40.0. The van der Waals surface area contributed by atoms with Gasteiger partial charge in [0.15, 0.2) is 11.0 Å². The molecule has 0 aliphatic heterocycles. The maximum atomic E-state index is 12.7. The van der Waals surface area contributed by atoms with E-state index >= 15 is 0 Å². The predicted octanol–water partition coefficient (Wildman–Crippen LogP) is 4.85. The molecule has 0 amide bonds. The Morgan fingerprint density at radius 3 is 2.70 bits per heavy atom. The van der Waals surface area contributed by atoms with Crippen LogP contribution in [-0.4, -0.2) is 14.8 Å². The van der Waals surface area contributed by atoms with Crippen molar-refractivity contribution in [3.8, 4) is 10.7 Å². The minimum atomic E-state index is -4.32. The van der Waals surface area contributed by atoms with Gasteiger partial charge in [-0.15, -0.1) is 21.5 Å². The monoisotopic (exact) mass is 355 g/mol. The summed E-state index contributed by atoms with van der Waals surface area (Å²) in [6.45, 7) is 0. The molecule has 2 aromatic heterocycles. The fraction of sp³-hybridized carbons (Fsp3) is 0.200. The van der Waals surface area contributed by atoms with Crippen molar-refractivity contribution in [2.24, 2.45) is 7.05 Å². The second kappa shape index (κ2) is 6.37. The second-order valence-corrected chi connectivity index (χ2v) is 6.72. The molecular formula is C15H12F3N3S2. The van der Waals surface area contributed by atoms with Crippen LogP contribution in [0, 0.1) is 0 Å². The van der Waals surface area contributed by atoms with Crippen LogP contribution in [0.25, 0.3) is 10.7 Å². The second-order valence-electron chi connectivity index (χ2n) is 4.83.